The summed E-state index contributed by atoms with van der Waals surface area (Å²) >= 11 is 0. The number of benzene rings is 1. The molecule has 110 valence electrons. The smallest absolute Gasteiger partial charge is 0.257 e. The lowest BCUT2D eigenvalue weighted by molar-refractivity contribution is -0.123. The van der Waals surface area contributed by atoms with E-state index in [1.165, 1.54) is 18.4 Å². The van der Waals surface area contributed by atoms with Gasteiger partial charge in [-0.2, -0.15) is 0 Å². The summed E-state index contributed by atoms with van der Waals surface area (Å²) in [4.78, 5) is 11.6. The summed E-state index contributed by atoms with van der Waals surface area (Å²) in [5, 5.41) is 6.30. The van der Waals surface area contributed by atoms with Crippen LogP contribution in [0.25, 0.3) is 0 Å². The lowest BCUT2D eigenvalue weighted by atomic mass is 10.1. The normalized spacial score (nSPS) is 14.1. The maximum Gasteiger partial charge on any atom is 0.257 e. The number of amides is 1. The molecule has 2 rings (SSSR count). The zero-order valence-corrected chi connectivity index (χ0v) is 12.4. The third-order valence-corrected chi connectivity index (χ3v) is 3.31. The Bertz CT molecular complexity index is 456. The van der Waals surface area contributed by atoms with E-state index in [9.17, 15) is 4.79 Å². The van der Waals surface area contributed by atoms with Crippen molar-refractivity contribution in [3.05, 3.63) is 29.3 Å². The fraction of sp³-hybridized carbons (Fsp3) is 0.562. The molecule has 2 N–H and O–H groups in total. The summed E-state index contributed by atoms with van der Waals surface area (Å²) in [5.74, 6) is 0.740. The van der Waals surface area contributed by atoms with Crippen molar-refractivity contribution in [2.75, 3.05) is 13.2 Å². The molecule has 0 aromatic heterocycles. The molecule has 1 aromatic carbocycles. The highest BCUT2D eigenvalue weighted by atomic mass is 16.5. The molecule has 0 saturated heterocycles. The second-order valence-electron chi connectivity index (χ2n) is 5.40. The quantitative estimate of drug-likeness (QED) is 0.765. The van der Waals surface area contributed by atoms with Gasteiger partial charge < -0.3 is 15.4 Å². The Morgan fingerprint density at radius 3 is 2.90 bits per heavy atom. The van der Waals surface area contributed by atoms with Crippen molar-refractivity contribution < 1.29 is 9.53 Å². The van der Waals surface area contributed by atoms with Crippen LogP contribution in [0, 0.1) is 6.92 Å². The molecule has 0 unspecified atom stereocenters. The molecule has 0 heterocycles. The van der Waals surface area contributed by atoms with E-state index in [2.05, 4.69) is 23.6 Å². The van der Waals surface area contributed by atoms with Crippen LogP contribution in [0.3, 0.4) is 0 Å². The van der Waals surface area contributed by atoms with E-state index < -0.39 is 0 Å². The minimum absolute atomic E-state index is 0.0615. The van der Waals surface area contributed by atoms with Crippen LogP contribution in [0.2, 0.25) is 0 Å². The highest BCUT2D eigenvalue weighted by Gasteiger charge is 2.20. The number of carbonyl (C=O) groups excluding carboxylic acids is 1. The van der Waals surface area contributed by atoms with E-state index in [0.29, 0.717) is 12.6 Å². The Morgan fingerprint density at radius 2 is 2.20 bits per heavy atom. The molecule has 1 aliphatic carbocycles. The predicted molar refractivity (Wildman–Crippen MR) is 79.8 cm³/mol. The van der Waals surface area contributed by atoms with Crippen molar-refractivity contribution in [3.8, 4) is 5.75 Å². The first-order valence-electron chi connectivity index (χ1n) is 7.41. The highest BCUT2D eigenvalue weighted by Crippen LogP contribution is 2.23. The van der Waals surface area contributed by atoms with Gasteiger partial charge in [0.1, 0.15) is 5.75 Å². The molecular formula is C16H24N2O2. The monoisotopic (exact) mass is 276 g/mol. The second-order valence-corrected chi connectivity index (χ2v) is 5.40. The van der Waals surface area contributed by atoms with Crippen molar-refractivity contribution >= 4 is 5.91 Å². The molecule has 0 radical (unpaired) electrons. The van der Waals surface area contributed by atoms with Gasteiger partial charge in [-0.1, -0.05) is 24.6 Å². The summed E-state index contributed by atoms with van der Waals surface area (Å²) in [6, 6.07) is 6.75. The van der Waals surface area contributed by atoms with E-state index in [4.69, 9.17) is 4.74 Å². The van der Waals surface area contributed by atoms with Crippen LogP contribution in [0.1, 0.15) is 37.3 Å². The van der Waals surface area contributed by atoms with Gasteiger partial charge in [-0.15, -0.1) is 0 Å². The third-order valence-electron chi connectivity index (χ3n) is 3.31. The van der Waals surface area contributed by atoms with Gasteiger partial charge in [0.25, 0.3) is 5.91 Å². The van der Waals surface area contributed by atoms with Gasteiger partial charge >= 0.3 is 0 Å². The molecule has 4 nitrogen and oxygen atoms in total. The molecule has 1 saturated carbocycles. The van der Waals surface area contributed by atoms with Crippen molar-refractivity contribution in [2.24, 2.45) is 0 Å². The second kappa shape index (κ2) is 7.29. The summed E-state index contributed by atoms with van der Waals surface area (Å²) in [5.41, 5.74) is 2.33. The number of hydrogen-bond donors (Lipinski definition) is 2. The van der Waals surface area contributed by atoms with Crippen LogP contribution < -0.4 is 15.4 Å². The molecule has 20 heavy (non-hydrogen) atoms. The summed E-state index contributed by atoms with van der Waals surface area (Å²) in [6.07, 6.45) is 3.47. The van der Waals surface area contributed by atoms with E-state index in [0.717, 1.165) is 24.3 Å². The van der Waals surface area contributed by atoms with E-state index in [1.54, 1.807) is 0 Å². The van der Waals surface area contributed by atoms with Gasteiger partial charge in [-0.05, 0) is 32.3 Å². The largest absolute Gasteiger partial charge is 0.483 e. The molecule has 1 fully saturated rings. The average Bonchev–Trinajstić information content (AvgIpc) is 3.26. The standard InChI is InChI=1S/C16H24N2O2/c1-3-8-17-16(19)11-20-15-7-4-12(2)9-13(15)10-18-14-5-6-14/h4,7,9,14,18H,3,5-6,8,10-11H2,1-2H3,(H,17,19). The highest BCUT2D eigenvalue weighted by molar-refractivity contribution is 5.77. The van der Waals surface area contributed by atoms with E-state index >= 15 is 0 Å². The first-order chi connectivity index (χ1) is 9.69. The number of nitrogens with one attached hydrogen (secondary N) is 2. The number of carbonyl (C=O) groups is 1. The molecule has 1 aromatic rings. The Kier molecular flexibility index (Phi) is 5.41. The van der Waals surface area contributed by atoms with Crippen molar-refractivity contribution in [1.82, 2.24) is 10.6 Å². The number of hydrogen-bond acceptors (Lipinski definition) is 3. The minimum Gasteiger partial charge on any atom is -0.483 e. The summed E-state index contributed by atoms with van der Waals surface area (Å²) < 4.78 is 5.65. The van der Waals surface area contributed by atoms with Gasteiger partial charge in [-0.25, -0.2) is 0 Å². The van der Waals surface area contributed by atoms with Crippen LogP contribution in [0.5, 0.6) is 5.75 Å². The fourth-order valence-electron chi connectivity index (χ4n) is 1.99. The fourth-order valence-corrected chi connectivity index (χ4v) is 1.99. The Labute approximate surface area is 120 Å². The first-order valence-corrected chi connectivity index (χ1v) is 7.41. The van der Waals surface area contributed by atoms with E-state index in [-0.39, 0.29) is 12.5 Å². The molecule has 0 spiro atoms. The molecule has 4 heteroatoms. The summed E-state index contributed by atoms with van der Waals surface area (Å²) in [6.45, 7) is 5.69. The van der Waals surface area contributed by atoms with Crippen LogP contribution in [-0.4, -0.2) is 25.1 Å². The van der Waals surface area contributed by atoms with Crippen LogP contribution >= 0.6 is 0 Å². The molecule has 1 aliphatic rings. The van der Waals surface area contributed by atoms with Crippen LogP contribution in [-0.2, 0) is 11.3 Å². The zero-order valence-electron chi connectivity index (χ0n) is 12.4. The Balaban J connectivity index is 1.89. The average molecular weight is 276 g/mol. The zero-order chi connectivity index (χ0) is 14.4. The van der Waals surface area contributed by atoms with Gasteiger partial charge in [0.05, 0.1) is 0 Å². The van der Waals surface area contributed by atoms with Gasteiger partial charge in [0.2, 0.25) is 0 Å². The minimum atomic E-state index is -0.0615. The lowest BCUT2D eigenvalue weighted by Crippen LogP contribution is -2.29. The number of rotatable bonds is 8. The Hall–Kier alpha value is -1.55. The topological polar surface area (TPSA) is 50.4 Å². The maximum absolute atomic E-state index is 11.6. The molecule has 1 amide bonds. The Morgan fingerprint density at radius 1 is 1.40 bits per heavy atom. The maximum atomic E-state index is 11.6. The first kappa shape index (κ1) is 14.9. The molecule has 0 atom stereocenters. The molecule has 0 aliphatic heterocycles. The van der Waals surface area contributed by atoms with Gasteiger partial charge in [0, 0.05) is 24.7 Å². The van der Waals surface area contributed by atoms with Gasteiger partial charge in [-0.3, -0.25) is 4.79 Å². The molecule has 0 bridgehead atoms. The lowest BCUT2D eigenvalue weighted by Gasteiger charge is -2.13. The molecular weight excluding hydrogens is 252 g/mol. The van der Waals surface area contributed by atoms with Crippen LogP contribution in [0.4, 0.5) is 0 Å². The van der Waals surface area contributed by atoms with Crippen molar-refractivity contribution in [3.63, 3.8) is 0 Å². The van der Waals surface area contributed by atoms with Crippen molar-refractivity contribution in [2.45, 2.75) is 45.7 Å². The third kappa shape index (κ3) is 4.85. The number of aryl methyl sites for hydroxylation is 1. The SMILES string of the molecule is CCCNC(=O)COc1ccc(C)cc1CNC1CC1. The van der Waals surface area contributed by atoms with Crippen molar-refractivity contribution in [1.29, 1.82) is 0 Å². The summed E-state index contributed by atoms with van der Waals surface area (Å²) in [7, 11) is 0. The van der Waals surface area contributed by atoms with Crippen LogP contribution in [0.15, 0.2) is 18.2 Å². The van der Waals surface area contributed by atoms with E-state index in [1.807, 2.05) is 19.1 Å². The number of ether oxygens (including phenoxy) is 1. The predicted octanol–water partition coefficient (Wildman–Crippen LogP) is 2.15. The van der Waals surface area contributed by atoms with Gasteiger partial charge in [0.15, 0.2) is 6.61 Å².